The number of aromatic nitrogens is 1. The molecule has 2 rings (SSSR count). The van der Waals surface area contributed by atoms with E-state index in [9.17, 15) is 10.1 Å². The maximum Gasteiger partial charge on any atom is 0.276 e. The summed E-state index contributed by atoms with van der Waals surface area (Å²) >= 11 is 0. The molecule has 2 atom stereocenters. The molecule has 1 aromatic rings. The molecule has 7 heteroatoms. The molecule has 4 N–H and O–H groups in total. The fourth-order valence-electron chi connectivity index (χ4n) is 2.61. The van der Waals surface area contributed by atoms with Gasteiger partial charge in [-0.3, -0.25) is 10.1 Å². The highest BCUT2D eigenvalue weighted by Crippen LogP contribution is 2.26. The quantitative estimate of drug-likeness (QED) is 0.338. The van der Waals surface area contributed by atoms with Crippen molar-refractivity contribution in [2.45, 2.75) is 45.1 Å². The molecule has 2 unspecified atom stereocenters. The summed E-state index contributed by atoms with van der Waals surface area (Å²) in [5.74, 6) is 6.85. The molecular weight excluding hydrogens is 258 g/mol. The van der Waals surface area contributed by atoms with Crippen LogP contribution in [0.25, 0.3) is 0 Å². The summed E-state index contributed by atoms with van der Waals surface area (Å²) < 4.78 is 0. The summed E-state index contributed by atoms with van der Waals surface area (Å²) in [4.78, 5) is 14.7. The van der Waals surface area contributed by atoms with E-state index in [0.29, 0.717) is 17.7 Å². The largest absolute Gasteiger partial charge is 0.367 e. The first-order chi connectivity index (χ1) is 9.58. The Balaban J connectivity index is 2.11. The molecule has 1 aliphatic carbocycles. The fraction of sp³-hybridized carbons (Fsp3) is 0.615. The van der Waals surface area contributed by atoms with Crippen LogP contribution in [0.3, 0.4) is 0 Å². The predicted molar refractivity (Wildman–Crippen MR) is 78.4 cm³/mol. The molecule has 0 spiro atoms. The third kappa shape index (κ3) is 3.80. The van der Waals surface area contributed by atoms with Crippen LogP contribution in [0.1, 0.15) is 39.0 Å². The van der Waals surface area contributed by atoms with Gasteiger partial charge in [0, 0.05) is 6.04 Å². The second-order valence-corrected chi connectivity index (χ2v) is 5.45. The molecule has 110 valence electrons. The summed E-state index contributed by atoms with van der Waals surface area (Å²) in [6.07, 6.45) is 5.73. The number of anilines is 2. The van der Waals surface area contributed by atoms with Gasteiger partial charge in [-0.15, -0.1) is 0 Å². The molecule has 0 amide bonds. The van der Waals surface area contributed by atoms with Gasteiger partial charge in [0.2, 0.25) is 0 Å². The van der Waals surface area contributed by atoms with Gasteiger partial charge in [-0.2, -0.15) is 0 Å². The van der Waals surface area contributed by atoms with Crippen molar-refractivity contribution in [3.05, 3.63) is 22.2 Å². The Kier molecular flexibility index (Phi) is 4.73. The Labute approximate surface area is 118 Å². The van der Waals surface area contributed by atoms with Gasteiger partial charge in [-0.25, -0.2) is 10.8 Å². The molecule has 0 aliphatic heterocycles. The van der Waals surface area contributed by atoms with E-state index < -0.39 is 4.92 Å². The number of nitrogens with two attached hydrogens (primary N) is 1. The van der Waals surface area contributed by atoms with E-state index in [4.69, 9.17) is 5.84 Å². The maximum absolute atomic E-state index is 10.9. The summed E-state index contributed by atoms with van der Waals surface area (Å²) in [6.45, 7) is 2.27. The first-order valence-corrected chi connectivity index (χ1v) is 6.98. The van der Waals surface area contributed by atoms with Crippen LogP contribution < -0.4 is 16.6 Å². The second-order valence-electron chi connectivity index (χ2n) is 5.45. The average Bonchev–Trinajstić information content (AvgIpc) is 2.63. The zero-order valence-corrected chi connectivity index (χ0v) is 11.6. The average molecular weight is 279 g/mol. The first kappa shape index (κ1) is 14.5. The number of hydrazine groups is 1. The van der Waals surface area contributed by atoms with Crippen molar-refractivity contribution in [3.8, 4) is 0 Å². The number of nitro groups is 1. The van der Waals surface area contributed by atoms with Crippen molar-refractivity contribution in [1.29, 1.82) is 0 Å². The monoisotopic (exact) mass is 279 g/mol. The molecule has 0 bridgehead atoms. The van der Waals surface area contributed by atoms with Crippen LogP contribution in [0, 0.1) is 16.0 Å². The summed E-state index contributed by atoms with van der Waals surface area (Å²) in [6, 6.07) is 3.09. The molecule has 0 saturated heterocycles. The van der Waals surface area contributed by atoms with Crippen LogP contribution in [0.2, 0.25) is 0 Å². The molecule has 7 nitrogen and oxygen atoms in total. The van der Waals surface area contributed by atoms with E-state index in [0.717, 1.165) is 18.8 Å². The lowest BCUT2D eigenvalue weighted by molar-refractivity contribution is -0.384. The molecule has 1 aliphatic rings. The zero-order valence-electron chi connectivity index (χ0n) is 11.6. The molecule has 0 aromatic carbocycles. The van der Waals surface area contributed by atoms with Gasteiger partial charge in [0.1, 0.15) is 11.6 Å². The molecule has 1 fully saturated rings. The number of nitrogen functional groups attached to an aromatic ring is 1. The summed E-state index contributed by atoms with van der Waals surface area (Å²) in [5, 5.41) is 14.2. The third-order valence-electron chi connectivity index (χ3n) is 3.78. The summed E-state index contributed by atoms with van der Waals surface area (Å²) in [7, 11) is 0. The number of pyridine rings is 1. The minimum atomic E-state index is -0.442. The van der Waals surface area contributed by atoms with Crippen molar-refractivity contribution in [2.24, 2.45) is 11.8 Å². The highest BCUT2D eigenvalue weighted by molar-refractivity contribution is 5.54. The van der Waals surface area contributed by atoms with Crippen molar-refractivity contribution in [3.63, 3.8) is 0 Å². The standard InChI is InChI=1S/C13H21N5O2/c1-9-3-2-4-10(6-5-9)15-12-7-11(18(19)20)8-13(16-12)17-14/h7-10H,2-6,14H2,1H3,(H2,15,16,17). The lowest BCUT2D eigenvalue weighted by Crippen LogP contribution is -2.20. The molecular formula is C13H21N5O2. The first-order valence-electron chi connectivity index (χ1n) is 6.98. The van der Waals surface area contributed by atoms with Gasteiger partial charge in [0.05, 0.1) is 17.1 Å². The van der Waals surface area contributed by atoms with Crippen LogP contribution in [0.4, 0.5) is 17.3 Å². The van der Waals surface area contributed by atoms with Gasteiger partial charge in [0.25, 0.3) is 5.69 Å². The van der Waals surface area contributed by atoms with Gasteiger partial charge in [0.15, 0.2) is 0 Å². The van der Waals surface area contributed by atoms with Crippen molar-refractivity contribution in [2.75, 3.05) is 10.7 Å². The topological polar surface area (TPSA) is 106 Å². The third-order valence-corrected chi connectivity index (χ3v) is 3.78. The van der Waals surface area contributed by atoms with Crippen LogP contribution in [-0.2, 0) is 0 Å². The van der Waals surface area contributed by atoms with Crippen LogP contribution >= 0.6 is 0 Å². The molecule has 0 radical (unpaired) electrons. The van der Waals surface area contributed by atoms with Crippen LogP contribution in [0.15, 0.2) is 12.1 Å². The Bertz CT molecular complexity index is 480. The van der Waals surface area contributed by atoms with Crippen molar-refractivity contribution >= 4 is 17.3 Å². The Hall–Kier alpha value is -1.89. The number of hydrogen-bond donors (Lipinski definition) is 3. The zero-order chi connectivity index (χ0) is 14.5. The van der Waals surface area contributed by atoms with E-state index in [1.807, 2.05) is 0 Å². The van der Waals surface area contributed by atoms with Gasteiger partial charge >= 0.3 is 0 Å². The lowest BCUT2D eigenvalue weighted by atomic mass is 10.0. The maximum atomic E-state index is 10.9. The van der Waals surface area contributed by atoms with E-state index in [-0.39, 0.29) is 5.69 Å². The molecule has 1 saturated carbocycles. The predicted octanol–water partition coefficient (Wildman–Crippen LogP) is 2.66. The van der Waals surface area contributed by atoms with E-state index in [1.54, 1.807) is 0 Å². The normalized spacial score (nSPS) is 22.9. The van der Waals surface area contributed by atoms with Crippen molar-refractivity contribution < 1.29 is 4.92 Å². The van der Waals surface area contributed by atoms with Gasteiger partial charge in [-0.05, 0) is 25.2 Å². The smallest absolute Gasteiger partial charge is 0.276 e. The highest BCUT2D eigenvalue weighted by atomic mass is 16.6. The highest BCUT2D eigenvalue weighted by Gasteiger charge is 2.18. The molecule has 1 heterocycles. The van der Waals surface area contributed by atoms with Gasteiger partial charge in [-0.1, -0.05) is 19.8 Å². The number of nitrogens with zero attached hydrogens (tertiary/aromatic N) is 2. The fourth-order valence-corrected chi connectivity index (χ4v) is 2.61. The Morgan fingerprint density at radius 3 is 2.75 bits per heavy atom. The van der Waals surface area contributed by atoms with Crippen molar-refractivity contribution in [1.82, 2.24) is 4.98 Å². The minimum absolute atomic E-state index is 0.0163. The minimum Gasteiger partial charge on any atom is -0.367 e. The number of hydrogen-bond acceptors (Lipinski definition) is 6. The van der Waals surface area contributed by atoms with E-state index in [2.05, 4.69) is 22.7 Å². The number of rotatable bonds is 4. The summed E-state index contributed by atoms with van der Waals surface area (Å²) in [5.41, 5.74) is 2.35. The van der Waals surface area contributed by atoms with Crippen LogP contribution in [-0.4, -0.2) is 15.9 Å². The SMILES string of the molecule is CC1CCCC(Nc2cc([N+](=O)[O-])cc(NN)n2)CC1. The van der Waals surface area contributed by atoms with E-state index in [1.165, 1.54) is 31.4 Å². The Morgan fingerprint density at radius 1 is 1.30 bits per heavy atom. The van der Waals surface area contributed by atoms with Crippen LogP contribution in [0.5, 0.6) is 0 Å². The molecule has 20 heavy (non-hydrogen) atoms. The second kappa shape index (κ2) is 6.51. The van der Waals surface area contributed by atoms with Gasteiger partial charge < -0.3 is 10.7 Å². The van der Waals surface area contributed by atoms with E-state index >= 15 is 0 Å². The lowest BCUT2D eigenvalue weighted by Gasteiger charge is -2.17. The number of nitrogens with one attached hydrogen (secondary N) is 2. The Morgan fingerprint density at radius 2 is 2.05 bits per heavy atom. The molecule has 1 aromatic heterocycles.